The Balaban J connectivity index is 2.62. The van der Waals surface area contributed by atoms with Gasteiger partial charge < -0.3 is 10.4 Å². The molecule has 88 valence electrons. The topological polar surface area (TPSA) is 66.4 Å². The van der Waals surface area contributed by atoms with Crippen molar-refractivity contribution in [3.8, 4) is 0 Å². The van der Waals surface area contributed by atoms with Gasteiger partial charge in [0.25, 0.3) is 5.91 Å². The Morgan fingerprint density at radius 3 is 2.81 bits per heavy atom. The average molecular weight is 241 g/mol. The Hall–Kier alpha value is -1.36. The monoisotopic (exact) mass is 241 g/mol. The first-order valence-electron chi connectivity index (χ1n) is 5.13. The van der Waals surface area contributed by atoms with Crippen molar-refractivity contribution < 1.29 is 14.7 Å². The number of hydrogen-bond acceptors (Lipinski definition) is 3. The fourth-order valence-electron chi connectivity index (χ4n) is 1.42. The van der Waals surface area contributed by atoms with Gasteiger partial charge in [-0.25, -0.2) is 0 Å². The van der Waals surface area contributed by atoms with Crippen LogP contribution >= 0.6 is 11.3 Å². The molecule has 0 aliphatic carbocycles. The van der Waals surface area contributed by atoms with Crippen LogP contribution in [0.3, 0.4) is 0 Å². The lowest BCUT2D eigenvalue weighted by atomic mass is 10.2. The van der Waals surface area contributed by atoms with Crippen molar-refractivity contribution in [2.24, 2.45) is 0 Å². The summed E-state index contributed by atoms with van der Waals surface area (Å²) in [4.78, 5) is 22.9. The molecular weight excluding hydrogens is 226 g/mol. The van der Waals surface area contributed by atoms with E-state index >= 15 is 0 Å². The fraction of sp³-hybridized carbons (Fsp3) is 0.455. The summed E-state index contributed by atoms with van der Waals surface area (Å²) in [7, 11) is 0. The molecule has 5 heteroatoms. The van der Waals surface area contributed by atoms with Crippen LogP contribution in [0.4, 0.5) is 0 Å². The van der Waals surface area contributed by atoms with Crippen LogP contribution in [0, 0.1) is 0 Å². The minimum absolute atomic E-state index is 0.0570. The predicted octanol–water partition coefficient (Wildman–Crippen LogP) is 1.90. The van der Waals surface area contributed by atoms with Gasteiger partial charge in [-0.3, -0.25) is 9.59 Å². The fourth-order valence-corrected chi connectivity index (χ4v) is 2.31. The largest absolute Gasteiger partial charge is 0.481 e. The molecule has 0 saturated heterocycles. The van der Waals surface area contributed by atoms with Crippen molar-refractivity contribution in [1.82, 2.24) is 5.32 Å². The zero-order valence-electron chi connectivity index (χ0n) is 9.32. The zero-order chi connectivity index (χ0) is 12.1. The molecule has 0 aliphatic rings. The Bertz CT molecular complexity index is 386. The number of carbonyl (C=O) groups is 2. The van der Waals surface area contributed by atoms with E-state index in [1.807, 2.05) is 18.4 Å². The number of aliphatic carboxylic acids is 1. The maximum absolute atomic E-state index is 11.8. The molecule has 16 heavy (non-hydrogen) atoms. The molecule has 1 unspecified atom stereocenters. The number of nitrogens with one attached hydrogen (secondary N) is 1. The molecule has 1 rings (SSSR count). The zero-order valence-corrected chi connectivity index (χ0v) is 10.1. The maximum atomic E-state index is 11.8. The van der Waals surface area contributed by atoms with E-state index in [9.17, 15) is 9.59 Å². The van der Waals surface area contributed by atoms with Crippen LogP contribution in [-0.4, -0.2) is 23.0 Å². The van der Waals surface area contributed by atoms with Crippen LogP contribution in [-0.2, 0) is 11.2 Å². The van der Waals surface area contributed by atoms with Gasteiger partial charge in [-0.15, -0.1) is 11.3 Å². The van der Waals surface area contributed by atoms with Crippen molar-refractivity contribution in [2.45, 2.75) is 32.7 Å². The number of carbonyl (C=O) groups excluding carboxylic acids is 1. The van der Waals surface area contributed by atoms with Crippen LogP contribution in [0.1, 0.15) is 35.5 Å². The number of carboxylic acids is 1. The molecule has 2 N–H and O–H groups in total. The average Bonchev–Trinajstić information content (AvgIpc) is 2.63. The summed E-state index contributed by atoms with van der Waals surface area (Å²) < 4.78 is 0. The summed E-state index contributed by atoms with van der Waals surface area (Å²) in [5, 5.41) is 13.1. The Kier molecular flexibility index (Phi) is 4.49. The van der Waals surface area contributed by atoms with Crippen molar-refractivity contribution in [2.75, 3.05) is 0 Å². The number of thiophene rings is 1. The third-order valence-electron chi connectivity index (χ3n) is 2.19. The third-order valence-corrected chi connectivity index (χ3v) is 3.15. The SMILES string of the molecule is CCc1ccsc1C(=O)NC(C)CC(=O)O. The summed E-state index contributed by atoms with van der Waals surface area (Å²) in [6, 6.07) is 1.57. The molecule has 1 aromatic rings. The predicted molar refractivity (Wildman–Crippen MR) is 62.9 cm³/mol. The van der Waals surface area contributed by atoms with Crippen molar-refractivity contribution >= 4 is 23.2 Å². The third kappa shape index (κ3) is 3.34. The molecule has 1 aromatic heterocycles. The first-order valence-corrected chi connectivity index (χ1v) is 6.01. The second-order valence-corrected chi connectivity index (χ2v) is 4.52. The van der Waals surface area contributed by atoms with E-state index < -0.39 is 5.97 Å². The second kappa shape index (κ2) is 5.65. The summed E-state index contributed by atoms with van der Waals surface area (Å²) in [6.07, 6.45) is 0.748. The van der Waals surface area contributed by atoms with Crippen molar-refractivity contribution in [3.63, 3.8) is 0 Å². The standard InChI is InChI=1S/C11H15NO3S/c1-3-8-4-5-16-10(8)11(15)12-7(2)6-9(13)14/h4-5,7H,3,6H2,1-2H3,(H,12,15)(H,13,14). The Labute approximate surface area is 98.3 Å². The normalized spacial score (nSPS) is 12.1. The van der Waals surface area contributed by atoms with Gasteiger partial charge in [-0.1, -0.05) is 6.92 Å². The van der Waals surface area contributed by atoms with E-state index in [2.05, 4.69) is 5.32 Å². The van der Waals surface area contributed by atoms with Crippen molar-refractivity contribution in [3.05, 3.63) is 21.9 Å². The maximum Gasteiger partial charge on any atom is 0.305 e. The van der Waals surface area contributed by atoms with E-state index in [1.54, 1.807) is 6.92 Å². The van der Waals surface area contributed by atoms with Crippen LogP contribution < -0.4 is 5.32 Å². The van der Waals surface area contributed by atoms with Crippen LogP contribution in [0.25, 0.3) is 0 Å². The highest BCUT2D eigenvalue weighted by atomic mass is 32.1. The first kappa shape index (κ1) is 12.7. The first-order chi connectivity index (χ1) is 7.54. The lowest BCUT2D eigenvalue weighted by molar-refractivity contribution is -0.137. The van der Waals surface area contributed by atoms with Crippen molar-refractivity contribution in [1.29, 1.82) is 0 Å². The van der Waals surface area contributed by atoms with E-state index in [4.69, 9.17) is 5.11 Å². The highest BCUT2D eigenvalue weighted by Gasteiger charge is 2.15. The molecule has 0 bridgehead atoms. The smallest absolute Gasteiger partial charge is 0.305 e. The quantitative estimate of drug-likeness (QED) is 0.827. The summed E-state index contributed by atoms with van der Waals surface area (Å²) >= 11 is 1.38. The molecule has 0 spiro atoms. The van der Waals surface area contributed by atoms with Gasteiger partial charge in [0.05, 0.1) is 11.3 Å². The number of rotatable bonds is 5. The molecule has 0 fully saturated rings. The number of hydrogen-bond donors (Lipinski definition) is 2. The van der Waals surface area contributed by atoms with E-state index in [1.165, 1.54) is 11.3 Å². The van der Waals surface area contributed by atoms with Gasteiger partial charge in [-0.05, 0) is 30.4 Å². The molecule has 0 aliphatic heterocycles. The van der Waals surface area contributed by atoms with E-state index in [-0.39, 0.29) is 18.4 Å². The molecule has 1 heterocycles. The highest BCUT2D eigenvalue weighted by molar-refractivity contribution is 7.12. The van der Waals surface area contributed by atoms with Gasteiger partial charge in [0.1, 0.15) is 0 Å². The number of aryl methyl sites for hydroxylation is 1. The highest BCUT2D eigenvalue weighted by Crippen LogP contribution is 2.17. The molecule has 4 nitrogen and oxygen atoms in total. The molecule has 1 atom stereocenters. The van der Waals surface area contributed by atoms with Gasteiger partial charge in [0.2, 0.25) is 0 Å². The van der Waals surface area contributed by atoms with Gasteiger partial charge in [-0.2, -0.15) is 0 Å². The van der Waals surface area contributed by atoms with Crippen LogP contribution in [0.5, 0.6) is 0 Å². The van der Waals surface area contributed by atoms with Crippen LogP contribution in [0.2, 0.25) is 0 Å². The summed E-state index contributed by atoms with van der Waals surface area (Å²) in [5.41, 5.74) is 1.00. The van der Waals surface area contributed by atoms with E-state index in [0.29, 0.717) is 4.88 Å². The second-order valence-electron chi connectivity index (χ2n) is 3.60. The molecule has 1 amide bonds. The molecule has 0 saturated carbocycles. The van der Waals surface area contributed by atoms with Gasteiger partial charge in [0, 0.05) is 6.04 Å². The molecular formula is C11H15NO3S. The summed E-state index contributed by atoms with van der Waals surface area (Å²) in [5.74, 6) is -1.09. The summed E-state index contributed by atoms with van der Waals surface area (Å²) in [6.45, 7) is 3.67. The minimum atomic E-state index is -0.908. The van der Waals surface area contributed by atoms with Gasteiger partial charge >= 0.3 is 5.97 Å². The minimum Gasteiger partial charge on any atom is -0.481 e. The Morgan fingerprint density at radius 2 is 2.25 bits per heavy atom. The number of amides is 1. The number of carboxylic acid groups (broad SMARTS) is 1. The lowest BCUT2D eigenvalue weighted by Gasteiger charge is -2.11. The van der Waals surface area contributed by atoms with Gasteiger partial charge in [0.15, 0.2) is 0 Å². The van der Waals surface area contributed by atoms with Crippen LogP contribution in [0.15, 0.2) is 11.4 Å². The molecule has 0 radical (unpaired) electrons. The lowest BCUT2D eigenvalue weighted by Crippen LogP contribution is -2.34. The Morgan fingerprint density at radius 1 is 1.56 bits per heavy atom. The molecule has 0 aromatic carbocycles. The van der Waals surface area contributed by atoms with E-state index in [0.717, 1.165) is 12.0 Å².